The minimum Gasteiger partial charge on any atom is -1.00 e. The number of hydrogen-bond donors (Lipinski definition) is 0. The smallest absolute Gasteiger partial charge is 1.00 e. The molecule has 0 atom stereocenters. The zero-order valence-electron chi connectivity index (χ0n) is 19.0. The average Bonchev–Trinajstić information content (AvgIpc) is 2.68. The third kappa shape index (κ3) is 9.17. The number of hydrogen-bond acceptors (Lipinski definition) is 3. The van der Waals surface area contributed by atoms with E-state index in [2.05, 4.69) is 93.9 Å². The third-order valence-electron chi connectivity index (χ3n) is 4.46. The summed E-state index contributed by atoms with van der Waals surface area (Å²) in [6.45, 7) is 12.2. The summed E-state index contributed by atoms with van der Waals surface area (Å²) < 4.78 is 1.88. The van der Waals surface area contributed by atoms with Gasteiger partial charge in [-0.3, -0.25) is 9.98 Å². The first-order valence-electron chi connectivity index (χ1n) is 9.67. The normalized spacial score (nSPS) is 11.0. The monoisotopic (exact) mass is 574 g/mol. The molecule has 3 nitrogen and oxygen atoms in total. The number of rotatable bonds is 3. The number of aromatic nitrogens is 1. The van der Waals surface area contributed by atoms with Crippen molar-refractivity contribution in [1.82, 2.24) is 4.98 Å². The van der Waals surface area contributed by atoms with Gasteiger partial charge in [0.1, 0.15) is 0 Å². The number of pyridine rings is 1. The Labute approximate surface area is 221 Å². The van der Waals surface area contributed by atoms with Crippen molar-refractivity contribution >= 4 is 37.6 Å². The molecule has 0 amide bonds. The van der Waals surface area contributed by atoms with E-state index in [1.165, 1.54) is 22.3 Å². The quantitative estimate of drug-likeness (QED) is 0.345. The average molecular weight is 576 g/mol. The Morgan fingerprint density at radius 3 is 1.97 bits per heavy atom. The summed E-state index contributed by atoms with van der Waals surface area (Å²) in [6.07, 6.45) is 3.60. The molecule has 2 aromatic carbocycles. The van der Waals surface area contributed by atoms with Crippen LogP contribution in [-0.2, 0) is 16.0 Å². The molecular formula is C25H27BrCl2FeN3. The van der Waals surface area contributed by atoms with E-state index in [4.69, 9.17) is 4.99 Å². The Hall–Kier alpha value is -1.49. The SMILES string of the molecule is CC(=Nc1c(C)cc(C)cc1Br)c1cccnc1.C[C]([Fe+2])=Nc1c(C)cccc1C.[Cl-].[Cl-]. The fourth-order valence-corrected chi connectivity index (χ4v) is 3.88. The number of para-hydroxylation sites is 1. The van der Waals surface area contributed by atoms with Crippen LogP contribution in [-0.4, -0.2) is 15.3 Å². The van der Waals surface area contributed by atoms with Gasteiger partial charge in [-0.25, -0.2) is 0 Å². The number of aliphatic imine (C=N–C) groups is 2. The fourth-order valence-electron chi connectivity index (χ4n) is 2.99. The van der Waals surface area contributed by atoms with Gasteiger partial charge in [-0.15, -0.1) is 0 Å². The van der Waals surface area contributed by atoms with Gasteiger partial charge in [-0.05, 0) is 60.0 Å². The molecule has 3 aromatic rings. The standard InChI is InChI=1S/C15H15BrN2.C10H12N.2ClH.Fe/c1-10-7-11(2)15(14(16)8-10)18-12(3)13-5-4-6-17-9-13;1-4-11-10-8(2)6-5-7-9(10)3;;;/h4-9H,1-3H3;5-7H,1-3H3;2*1H;/q;;;;+2/p-2. The van der Waals surface area contributed by atoms with Crippen LogP contribution < -0.4 is 24.8 Å². The summed E-state index contributed by atoms with van der Waals surface area (Å²) in [4.78, 5) is 13.2. The van der Waals surface area contributed by atoms with E-state index < -0.39 is 0 Å². The van der Waals surface area contributed by atoms with Crippen LogP contribution >= 0.6 is 15.9 Å². The summed E-state index contributed by atoms with van der Waals surface area (Å²) in [5, 5.41) is 0. The molecule has 0 aliphatic rings. The molecule has 0 unspecified atom stereocenters. The molecule has 0 N–H and O–H groups in total. The Kier molecular flexibility index (Phi) is 13.9. The summed E-state index contributed by atoms with van der Waals surface area (Å²) in [6, 6.07) is 14.3. The second-order valence-corrected chi connectivity index (χ2v) is 8.84. The van der Waals surface area contributed by atoms with Gasteiger partial charge >= 0.3 is 81.4 Å². The van der Waals surface area contributed by atoms with Gasteiger partial charge in [-0.2, -0.15) is 0 Å². The van der Waals surface area contributed by atoms with Crippen molar-refractivity contribution in [3.05, 3.63) is 87.1 Å². The van der Waals surface area contributed by atoms with Crippen LogP contribution in [0.4, 0.5) is 11.4 Å². The van der Waals surface area contributed by atoms with Gasteiger partial charge in [0.05, 0.1) is 5.69 Å². The maximum atomic E-state index is 4.70. The summed E-state index contributed by atoms with van der Waals surface area (Å²) in [5.41, 5.74) is 8.88. The van der Waals surface area contributed by atoms with Crippen molar-refractivity contribution < 1.29 is 40.8 Å². The van der Waals surface area contributed by atoms with Gasteiger partial charge in [-0.1, -0.05) is 12.1 Å². The minimum atomic E-state index is 0. The van der Waals surface area contributed by atoms with Crippen molar-refractivity contribution in [2.24, 2.45) is 9.98 Å². The van der Waals surface area contributed by atoms with Crippen LogP contribution in [0.25, 0.3) is 0 Å². The molecular weight excluding hydrogens is 549 g/mol. The largest absolute Gasteiger partial charge is 1.00 e. The van der Waals surface area contributed by atoms with Gasteiger partial charge < -0.3 is 24.8 Å². The Morgan fingerprint density at radius 1 is 0.844 bits per heavy atom. The molecule has 0 fully saturated rings. The molecule has 32 heavy (non-hydrogen) atoms. The molecule has 1 aromatic heterocycles. The van der Waals surface area contributed by atoms with Crippen LogP contribution in [0.3, 0.4) is 0 Å². The van der Waals surface area contributed by atoms with E-state index in [0.717, 1.165) is 31.7 Å². The zero-order chi connectivity index (χ0) is 22.3. The molecule has 0 saturated carbocycles. The van der Waals surface area contributed by atoms with Gasteiger partial charge in [0.2, 0.25) is 0 Å². The first-order chi connectivity index (χ1) is 14.2. The number of nitrogens with zero attached hydrogens (tertiary/aromatic N) is 3. The second kappa shape index (κ2) is 14.6. The molecule has 171 valence electrons. The van der Waals surface area contributed by atoms with Crippen LogP contribution in [0.5, 0.6) is 0 Å². The predicted octanol–water partition coefficient (Wildman–Crippen LogP) is 1.51. The summed E-state index contributed by atoms with van der Waals surface area (Å²) in [7, 11) is 0. The summed E-state index contributed by atoms with van der Waals surface area (Å²) >= 11 is 7.34. The fraction of sp³-hybridized carbons (Fsp3) is 0.240. The van der Waals surface area contributed by atoms with Crippen LogP contribution in [0.2, 0.25) is 0 Å². The van der Waals surface area contributed by atoms with Gasteiger partial charge in [0, 0.05) is 28.1 Å². The van der Waals surface area contributed by atoms with E-state index >= 15 is 0 Å². The van der Waals surface area contributed by atoms with Gasteiger partial charge in [0.15, 0.2) is 0 Å². The van der Waals surface area contributed by atoms with Crippen molar-refractivity contribution in [2.75, 3.05) is 0 Å². The van der Waals surface area contributed by atoms with Crippen molar-refractivity contribution in [2.45, 2.75) is 41.5 Å². The predicted molar refractivity (Wildman–Crippen MR) is 128 cm³/mol. The number of aryl methyl sites for hydroxylation is 4. The molecule has 3 rings (SSSR count). The van der Waals surface area contributed by atoms with E-state index in [1.54, 1.807) is 6.20 Å². The van der Waals surface area contributed by atoms with E-state index in [-0.39, 0.29) is 24.8 Å². The second-order valence-electron chi connectivity index (χ2n) is 7.18. The Balaban J connectivity index is 0.000000607. The molecule has 0 radical (unpaired) electrons. The minimum absolute atomic E-state index is 0. The van der Waals surface area contributed by atoms with Crippen molar-refractivity contribution in [3.8, 4) is 0 Å². The first-order valence-corrected chi connectivity index (χ1v) is 11.0. The Bertz CT molecular complexity index is 1040. The van der Waals surface area contributed by atoms with E-state index in [1.807, 2.05) is 38.2 Å². The molecule has 0 aliphatic heterocycles. The maximum Gasteiger partial charge on any atom is -1.00 e. The molecule has 0 saturated heterocycles. The maximum absolute atomic E-state index is 4.70. The molecule has 7 heteroatoms. The zero-order valence-corrected chi connectivity index (χ0v) is 23.2. The van der Waals surface area contributed by atoms with Crippen molar-refractivity contribution in [1.29, 1.82) is 0 Å². The molecule has 0 spiro atoms. The third-order valence-corrected chi connectivity index (χ3v) is 5.19. The topological polar surface area (TPSA) is 37.6 Å². The molecule has 0 bridgehead atoms. The molecule has 0 aliphatic carbocycles. The van der Waals surface area contributed by atoms with Gasteiger partial charge in [0.25, 0.3) is 0 Å². The molecule has 1 heterocycles. The van der Waals surface area contributed by atoms with E-state index in [9.17, 15) is 0 Å². The summed E-state index contributed by atoms with van der Waals surface area (Å²) in [5.74, 6) is 0. The number of benzene rings is 2. The first kappa shape index (κ1) is 30.5. The Morgan fingerprint density at radius 2 is 1.47 bits per heavy atom. The van der Waals surface area contributed by atoms with Crippen LogP contribution in [0, 0.1) is 27.7 Å². The van der Waals surface area contributed by atoms with Crippen molar-refractivity contribution in [3.63, 3.8) is 0 Å². The van der Waals surface area contributed by atoms with Crippen LogP contribution in [0.1, 0.15) is 41.7 Å². The number of halogens is 3. The van der Waals surface area contributed by atoms with Crippen LogP contribution in [0.15, 0.2) is 69.3 Å². The van der Waals surface area contributed by atoms with E-state index in [0.29, 0.717) is 0 Å².